The largest absolute Gasteiger partial charge is 0.480 e. The van der Waals surface area contributed by atoms with Crippen molar-refractivity contribution in [3.8, 4) is 0 Å². The molecule has 1 aromatic carbocycles. The minimum absolute atomic E-state index is 0.0584. The van der Waals surface area contributed by atoms with Crippen LogP contribution in [0.25, 0.3) is 0 Å². The monoisotopic (exact) mass is 289 g/mol. The number of carbonyl (C=O) groups is 1. The molecule has 0 radical (unpaired) electrons. The fourth-order valence-corrected chi connectivity index (χ4v) is 4.17. The zero-order valence-corrected chi connectivity index (χ0v) is 10.9. The van der Waals surface area contributed by atoms with E-state index in [1.165, 1.54) is 12.1 Å². The highest BCUT2D eigenvalue weighted by molar-refractivity contribution is 7.92. The van der Waals surface area contributed by atoms with E-state index in [9.17, 15) is 13.2 Å². The smallest absolute Gasteiger partial charge is 0.320 e. The highest BCUT2D eigenvalue weighted by Gasteiger charge is 2.38. The Bertz CT molecular complexity index is 572. The number of carboxylic acids is 1. The van der Waals surface area contributed by atoms with Crippen molar-refractivity contribution in [1.29, 1.82) is 0 Å². The zero-order valence-electron chi connectivity index (χ0n) is 9.34. The van der Waals surface area contributed by atoms with Gasteiger partial charge in [-0.25, -0.2) is 8.42 Å². The Morgan fingerprint density at radius 3 is 2.61 bits per heavy atom. The van der Waals surface area contributed by atoms with Crippen molar-refractivity contribution in [2.45, 2.75) is 22.6 Å². The molecule has 7 heteroatoms. The van der Waals surface area contributed by atoms with Crippen LogP contribution in [0.3, 0.4) is 0 Å². The number of hydrogen-bond donors (Lipinski definition) is 2. The minimum atomic E-state index is -3.59. The van der Waals surface area contributed by atoms with Gasteiger partial charge in [0, 0.05) is 6.54 Å². The van der Waals surface area contributed by atoms with E-state index in [1.54, 1.807) is 12.1 Å². The average molecular weight is 290 g/mol. The standard InChI is InChI=1S/C11H12ClNO4S/c12-8-3-1-2-4-10(8)18(16,17)7-5-9(11(14)15)13-6-7/h1-4,7,9,13H,5-6H2,(H,14,15)/t7-,9+/m1/s1. The topological polar surface area (TPSA) is 83.5 Å². The third-order valence-electron chi connectivity index (χ3n) is 2.97. The average Bonchev–Trinajstić information content (AvgIpc) is 2.79. The van der Waals surface area contributed by atoms with Crippen LogP contribution in [0.4, 0.5) is 0 Å². The SMILES string of the molecule is O=C(O)[C@@H]1C[C@@H](S(=O)(=O)c2ccccc2Cl)CN1. The van der Waals surface area contributed by atoms with Gasteiger partial charge in [0.2, 0.25) is 0 Å². The number of halogens is 1. The number of nitrogens with one attached hydrogen (secondary N) is 1. The second kappa shape index (κ2) is 4.87. The maximum atomic E-state index is 12.3. The van der Waals surface area contributed by atoms with E-state index in [0.29, 0.717) is 0 Å². The Morgan fingerprint density at radius 1 is 1.39 bits per heavy atom. The lowest BCUT2D eigenvalue weighted by atomic mass is 10.2. The van der Waals surface area contributed by atoms with Crippen LogP contribution in [0.1, 0.15) is 6.42 Å². The summed E-state index contributed by atoms with van der Waals surface area (Å²) in [6, 6.07) is 5.37. The van der Waals surface area contributed by atoms with Gasteiger partial charge in [-0.05, 0) is 18.6 Å². The van der Waals surface area contributed by atoms with Crippen LogP contribution in [0.2, 0.25) is 5.02 Å². The molecule has 1 heterocycles. The van der Waals surface area contributed by atoms with Gasteiger partial charge < -0.3 is 10.4 Å². The van der Waals surface area contributed by atoms with E-state index < -0.39 is 27.1 Å². The number of aliphatic carboxylic acids is 1. The van der Waals surface area contributed by atoms with E-state index in [2.05, 4.69) is 5.32 Å². The molecule has 0 spiro atoms. The molecule has 0 aromatic heterocycles. The van der Waals surface area contributed by atoms with Crippen molar-refractivity contribution in [1.82, 2.24) is 5.32 Å². The molecule has 1 aromatic rings. The summed E-state index contributed by atoms with van der Waals surface area (Å²) in [6.45, 7) is 0.129. The highest BCUT2D eigenvalue weighted by Crippen LogP contribution is 2.28. The Hall–Kier alpha value is -1.11. The molecule has 2 N–H and O–H groups in total. The van der Waals surface area contributed by atoms with Crippen LogP contribution in [-0.4, -0.2) is 37.3 Å². The fraction of sp³-hybridized carbons (Fsp3) is 0.364. The Labute approximate surface area is 110 Å². The molecule has 1 fully saturated rings. The quantitative estimate of drug-likeness (QED) is 0.865. The van der Waals surface area contributed by atoms with Crippen molar-refractivity contribution < 1.29 is 18.3 Å². The predicted molar refractivity (Wildman–Crippen MR) is 66.5 cm³/mol. The van der Waals surface area contributed by atoms with Gasteiger partial charge in [0.05, 0.1) is 15.2 Å². The Kier molecular flexibility index (Phi) is 3.61. The number of carboxylic acid groups (broad SMARTS) is 1. The zero-order chi connectivity index (χ0) is 13.3. The summed E-state index contributed by atoms with van der Waals surface area (Å²) in [5.74, 6) is -1.04. The predicted octanol–water partition coefficient (Wildman–Crippen LogP) is 0.929. The third-order valence-corrected chi connectivity index (χ3v) is 5.62. The second-order valence-corrected chi connectivity index (χ2v) is 6.74. The molecule has 1 saturated heterocycles. The fourth-order valence-electron chi connectivity index (χ4n) is 1.98. The summed E-state index contributed by atoms with van der Waals surface area (Å²) >= 11 is 5.87. The number of hydrogen-bond acceptors (Lipinski definition) is 4. The Morgan fingerprint density at radius 2 is 2.06 bits per heavy atom. The molecule has 98 valence electrons. The number of benzene rings is 1. The molecular weight excluding hydrogens is 278 g/mol. The molecule has 2 rings (SSSR count). The normalized spacial score (nSPS) is 24.1. The van der Waals surface area contributed by atoms with E-state index in [0.717, 1.165) is 0 Å². The van der Waals surface area contributed by atoms with Crippen LogP contribution in [0.5, 0.6) is 0 Å². The lowest BCUT2D eigenvalue weighted by molar-refractivity contribution is -0.139. The summed E-state index contributed by atoms with van der Waals surface area (Å²) in [4.78, 5) is 10.9. The van der Waals surface area contributed by atoms with Crippen molar-refractivity contribution >= 4 is 27.4 Å². The molecule has 0 amide bonds. The molecule has 5 nitrogen and oxygen atoms in total. The molecule has 1 aliphatic rings. The van der Waals surface area contributed by atoms with Crippen LogP contribution < -0.4 is 5.32 Å². The maximum Gasteiger partial charge on any atom is 0.320 e. The first-order chi connectivity index (χ1) is 8.43. The van der Waals surface area contributed by atoms with E-state index in [-0.39, 0.29) is 22.9 Å². The van der Waals surface area contributed by atoms with Crippen molar-refractivity contribution in [2.24, 2.45) is 0 Å². The van der Waals surface area contributed by atoms with Gasteiger partial charge in [0.25, 0.3) is 0 Å². The van der Waals surface area contributed by atoms with Gasteiger partial charge in [-0.2, -0.15) is 0 Å². The number of sulfone groups is 1. The minimum Gasteiger partial charge on any atom is -0.480 e. The molecule has 0 unspecified atom stereocenters. The van der Waals surface area contributed by atoms with Gasteiger partial charge in [-0.1, -0.05) is 23.7 Å². The first-order valence-electron chi connectivity index (χ1n) is 5.37. The highest BCUT2D eigenvalue weighted by atomic mass is 35.5. The summed E-state index contributed by atoms with van der Waals surface area (Å²) < 4.78 is 24.6. The molecule has 2 atom stereocenters. The van der Waals surface area contributed by atoms with E-state index in [4.69, 9.17) is 16.7 Å². The third kappa shape index (κ3) is 2.36. The van der Waals surface area contributed by atoms with Crippen molar-refractivity contribution in [2.75, 3.05) is 6.54 Å². The van der Waals surface area contributed by atoms with Crippen LogP contribution >= 0.6 is 11.6 Å². The molecule has 0 saturated carbocycles. The Balaban J connectivity index is 2.29. The summed E-state index contributed by atoms with van der Waals surface area (Å²) in [5.41, 5.74) is 0. The van der Waals surface area contributed by atoms with Gasteiger partial charge in [0.15, 0.2) is 9.84 Å². The van der Waals surface area contributed by atoms with Crippen LogP contribution in [0, 0.1) is 0 Å². The first-order valence-corrected chi connectivity index (χ1v) is 7.30. The first kappa shape index (κ1) is 13.3. The lowest BCUT2D eigenvalue weighted by Crippen LogP contribution is -2.30. The summed E-state index contributed by atoms with van der Waals surface area (Å²) in [5, 5.41) is 10.9. The number of rotatable bonds is 3. The van der Waals surface area contributed by atoms with Gasteiger partial charge in [0.1, 0.15) is 6.04 Å². The van der Waals surface area contributed by atoms with Crippen molar-refractivity contribution in [3.05, 3.63) is 29.3 Å². The van der Waals surface area contributed by atoms with E-state index in [1.807, 2.05) is 0 Å². The second-order valence-electron chi connectivity index (χ2n) is 4.13. The van der Waals surface area contributed by atoms with Crippen LogP contribution in [-0.2, 0) is 14.6 Å². The summed E-state index contributed by atoms with van der Waals surface area (Å²) in [6.07, 6.45) is 0.0584. The molecule has 0 bridgehead atoms. The van der Waals surface area contributed by atoms with Gasteiger partial charge in [-0.15, -0.1) is 0 Å². The molecule has 1 aliphatic heterocycles. The van der Waals surface area contributed by atoms with Gasteiger partial charge >= 0.3 is 5.97 Å². The lowest BCUT2D eigenvalue weighted by Gasteiger charge is -2.11. The van der Waals surface area contributed by atoms with Crippen LogP contribution in [0.15, 0.2) is 29.2 Å². The van der Waals surface area contributed by atoms with Gasteiger partial charge in [-0.3, -0.25) is 4.79 Å². The van der Waals surface area contributed by atoms with E-state index >= 15 is 0 Å². The summed E-state index contributed by atoms with van der Waals surface area (Å²) in [7, 11) is -3.59. The maximum absolute atomic E-state index is 12.3. The molecule has 18 heavy (non-hydrogen) atoms. The van der Waals surface area contributed by atoms with Crippen molar-refractivity contribution in [3.63, 3.8) is 0 Å². The molecular formula is C11H12ClNO4S. The molecule has 0 aliphatic carbocycles.